The van der Waals surface area contributed by atoms with Crippen LogP contribution in [0.5, 0.6) is 11.5 Å². The highest BCUT2D eigenvalue weighted by atomic mass is 35.5. The molecular formula is C21H20Cl2N2O7. The molecule has 0 bridgehead atoms. The van der Waals surface area contributed by atoms with Crippen molar-refractivity contribution in [3.05, 3.63) is 61.3 Å². The lowest BCUT2D eigenvalue weighted by atomic mass is 9.89. The molecule has 0 spiro atoms. The Morgan fingerprint density at radius 3 is 2.59 bits per heavy atom. The quantitative estimate of drug-likeness (QED) is 0.378. The topological polar surface area (TPSA) is 137 Å². The van der Waals surface area contributed by atoms with E-state index in [9.17, 15) is 30.2 Å². The Kier molecular flexibility index (Phi) is 6.66. The van der Waals surface area contributed by atoms with Gasteiger partial charge in [0.25, 0.3) is 5.69 Å². The molecule has 4 rings (SSSR count). The van der Waals surface area contributed by atoms with Crippen LogP contribution in [-0.2, 0) is 0 Å². The number of hydrogen-bond donors (Lipinski definition) is 3. The summed E-state index contributed by atoms with van der Waals surface area (Å²) in [7, 11) is 1.85. The number of benzene rings is 2. The molecule has 0 amide bonds. The second kappa shape index (κ2) is 8.95. The number of likely N-dealkylation sites (tertiary alicyclic amines) is 1. The molecule has 0 saturated carbocycles. The van der Waals surface area contributed by atoms with E-state index in [0.29, 0.717) is 18.5 Å². The Hall–Kier alpha value is -2.85. The van der Waals surface area contributed by atoms with Crippen LogP contribution >= 0.6 is 24.0 Å². The Labute approximate surface area is 193 Å². The van der Waals surface area contributed by atoms with Crippen LogP contribution in [0.15, 0.2) is 39.5 Å². The Morgan fingerprint density at radius 1 is 1.25 bits per heavy atom. The number of aliphatic hydroxyl groups is 1. The van der Waals surface area contributed by atoms with E-state index in [1.165, 1.54) is 12.1 Å². The fraction of sp³-hybridized carbons (Fsp3) is 0.286. The van der Waals surface area contributed by atoms with Crippen LogP contribution < -0.4 is 5.43 Å². The Bertz CT molecular complexity index is 1260. The number of non-ortho nitro benzene ring substituents is 1. The highest BCUT2D eigenvalue weighted by Gasteiger charge is 2.36. The zero-order chi connectivity index (χ0) is 22.4. The van der Waals surface area contributed by atoms with Crippen LogP contribution in [0.1, 0.15) is 17.9 Å². The first-order chi connectivity index (χ1) is 14.7. The molecule has 3 N–H and O–H groups in total. The number of rotatable bonds is 4. The van der Waals surface area contributed by atoms with E-state index >= 15 is 0 Å². The number of phenolic OH excluding ortho intramolecular Hbond substituents is 2. The number of phenols is 2. The molecule has 2 atom stereocenters. The zero-order valence-electron chi connectivity index (χ0n) is 16.8. The van der Waals surface area contributed by atoms with Crippen molar-refractivity contribution in [2.24, 2.45) is 0 Å². The van der Waals surface area contributed by atoms with Gasteiger partial charge < -0.3 is 24.6 Å². The van der Waals surface area contributed by atoms with Crippen molar-refractivity contribution in [3.8, 4) is 22.8 Å². The van der Waals surface area contributed by atoms with Gasteiger partial charge in [-0.3, -0.25) is 14.9 Å². The highest BCUT2D eigenvalue weighted by molar-refractivity contribution is 6.33. The molecule has 2 heterocycles. The van der Waals surface area contributed by atoms with Gasteiger partial charge in [-0.05, 0) is 26.1 Å². The van der Waals surface area contributed by atoms with Gasteiger partial charge in [0, 0.05) is 47.4 Å². The number of aliphatic hydroxyl groups excluding tert-OH is 1. The van der Waals surface area contributed by atoms with Crippen LogP contribution in [0, 0.1) is 10.1 Å². The van der Waals surface area contributed by atoms with Gasteiger partial charge in [-0.15, -0.1) is 12.4 Å². The first kappa shape index (κ1) is 23.8. The summed E-state index contributed by atoms with van der Waals surface area (Å²) in [6.45, 7) is 0.497. The van der Waals surface area contributed by atoms with E-state index in [0.717, 1.165) is 18.2 Å². The summed E-state index contributed by atoms with van der Waals surface area (Å²) in [5.41, 5.74) is -0.215. The van der Waals surface area contributed by atoms with Gasteiger partial charge in [0.2, 0.25) is 0 Å². The third-order valence-corrected chi connectivity index (χ3v) is 6.12. The molecule has 0 unspecified atom stereocenters. The lowest BCUT2D eigenvalue weighted by Gasteiger charge is -2.24. The average molecular weight is 483 g/mol. The second-order valence-corrected chi connectivity index (χ2v) is 7.96. The van der Waals surface area contributed by atoms with Crippen molar-refractivity contribution in [1.82, 2.24) is 4.90 Å². The maximum atomic E-state index is 12.9. The maximum Gasteiger partial charge on any atom is 0.270 e. The number of nitrogens with zero attached hydrogens (tertiary/aromatic N) is 2. The second-order valence-electron chi connectivity index (χ2n) is 7.55. The maximum absolute atomic E-state index is 12.9. The van der Waals surface area contributed by atoms with Crippen LogP contribution in [0.3, 0.4) is 0 Å². The van der Waals surface area contributed by atoms with E-state index in [1.54, 1.807) is 0 Å². The van der Waals surface area contributed by atoms with Crippen molar-refractivity contribution in [2.75, 3.05) is 20.2 Å². The summed E-state index contributed by atoms with van der Waals surface area (Å²) in [4.78, 5) is 25.2. The minimum Gasteiger partial charge on any atom is -0.507 e. The van der Waals surface area contributed by atoms with Crippen molar-refractivity contribution in [1.29, 1.82) is 0 Å². The van der Waals surface area contributed by atoms with Crippen LogP contribution in [0.4, 0.5) is 5.69 Å². The molecular weight excluding hydrogens is 463 g/mol. The van der Waals surface area contributed by atoms with E-state index in [-0.39, 0.29) is 69.7 Å². The minimum absolute atomic E-state index is 0. The number of aromatic hydroxyl groups is 2. The van der Waals surface area contributed by atoms with Gasteiger partial charge in [-0.2, -0.15) is 0 Å². The van der Waals surface area contributed by atoms with E-state index in [4.69, 9.17) is 16.0 Å². The third-order valence-electron chi connectivity index (χ3n) is 5.81. The number of halogens is 2. The van der Waals surface area contributed by atoms with Gasteiger partial charge in [0.1, 0.15) is 28.2 Å². The van der Waals surface area contributed by atoms with Gasteiger partial charge >= 0.3 is 0 Å². The predicted molar refractivity (Wildman–Crippen MR) is 121 cm³/mol. The fourth-order valence-corrected chi connectivity index (χ4v) is 4.51. The molecule has 0 aliphatic carbocycles. The molecule has 3 aromatic rings. The fourth-order valence-electron chi connectivity index (χ4n) is 4.24. The minimum atomic E-state index is -0.591. The predicted octanol–water partition coefficient (Wildman–Crippen LogP) is 3.63. The summed E-state index contributed by atoms with van der Waals surface area (Å²) < 4.78 is 5.97. The molecule has 1 aliphatic rings. The molecule has 2 aromatic carbocycles. The molecule has 170 valence electrons. The normalized spacial score (nSPS) is 18.6. The standard InChI is InChI=1S/C21H19ClN2O7.ClH/c1-23-5-4-12(14(23)9-25)19-15(26)7-16(27)20-17(28)8-18(31-21(19)20)11-3-2-10(24(29)30)6-13(11)22;/h2-3,6-8,12,14,25-27H,4-5,9H2,1H3;1H/t12-,14+;/m1./s1. The van der Waals surface area contributed by atoms with Crippen molar-refractivity contribution >= 4 is 40.7 Å². The SMILES string of the molecule is CN1CC[C@@H](c2c(O)cc(O)c3c(=O)cc(-c4ccc([N+](=O)[O-])cc4Cl)oc23)[C@@H]1CO.Cl. The van der Waals surface area contributed by atoms with Gasteiger partial charge in [0.05, 0.1) is 16.6 Å². The number of nitro groups is 1. The number of likely N-dealkylation sites (N-methyl/N-ethyl adjacent to an activating group) is 1. The van der Waals surface area contributed by atoms with Crippen LogP contribution in [0.25, 0.3) is 22.3 Å². The molecule has 11 heteroatoms. The lowest BCUT2D eigenvalue weighted by molar-refractivity contribution is -0.384. The number of fused-ring (bicyclic) bond motifs is 1. The van der Waals surface area contributed by atoms with Gasteiger partial charge in [-0.1, -0.05) is 11.6 Å². The molecule has 1 aromatic heterocycles. The summed E-state index contributed by atoms with van der Waals surface area (Å²) in [5, 5.41) is 41.7. The van der Waals surface area contributed by atoms with Crippen molar-refractivity contribution < 1.29 is 24.7 Å². The number of nitro benzene ring substituents is 1. The summed E-state index contributed by atoms with van der Waals surface area (Å²) in [6, 6.07) is 5.68. The summed E-state index contributed by atoms with van der Waals surface area (Å²) in [6.07, 6.45) is 0.599. The molecule has 1 aliphatic heterocycles. The van der Waals surface area contributed by atoms with Crippen LogP contribution in [-0.4, -0.2) is 51.4 Å². The zero-order valence-corrected chi connectivity index (χ0v) is 18.4. The van der Waals surface area contributed by atoms with E-state index < -0.39 is 16.1 Å². The first-order valence-corrected chi connectivity index (χ1v) is 9.88. The molecule has 9 nitrogen and oxygen atoms in total. The average Bonchev–Trinajstić information content (AvgIpc) is 3.07. The van der Waals surface area contributed by atoms with Crippen LogP contribution in [0.2, 0.25) is 5.02 Å². The monoisotopic (exact) mass is 482 g/mol. The highest BCUT2D eigenvalue weighted by Crippen LogP contribution is 2.44. The summed E-state index contributed by atoms with van der Waals surface area (Å²) >= 11 is 6.20. The molecule has 32 heavy (non-hydrogen) atoms. The van der Waals surface area contributed by atoms with E-state index in [2.05, 4.69) is 0 Å². The summed E-state index contributed by atoms with van der Waals surface area (Å²) in [5.74, 6) is -0.989. The molecule has 1 saturated heterocycles. The van der Waals surface area contributed by atoms with Gasteiger partial charge in [-0.25, -0.2) is 0 Å². The van der Waals surface area contributed by atoms with E-state index in [1.807, 2.05) is 11.9 Å². The van der Waals surface area contributed by atoms with Crippen molar-refractivity contribution in [3.63, 3.8) is 0 Å². The molecule has 0 radical (unpaired) electrons. The third kappa shape index (κ3) is 3.88. The Morgan fingerprint density at radius 2 is 1.97 bits per heavy atom. The number of hydrogen-bond acceptors (Lipinski definition) is 8. The van der Waals surface area contributed by atoms with Crippen molar-refractivity contribution in [2.45, 2.75) is 18.4 Å². The lowest BCUT2D eigenvalue weighted by Crippen LogP contribution is -2.32. The Balaban J connectivity index is 0.00000289. The van der Waals surface area contributed by atoms with Gasteiger partial charge in [0.15, 0.2) is 5.43 Å². The smallest absolute Gasteiger partial charge is 0.270 e. The molecule has 1 fully saturated rings. The largest absolute Gasteiger partial charge is 0.507 e. The first-order valence-electron chi connectivity index (χ1n) is 9.51.